The number of carboxylic acids is 1. The second-order valence-corrected chi connectivity index (χ2v) is 4.25. The van der Waals surface area contributed by atoms with Gasteiger partial charge in [-0.15, -0.1) is 0 Å². The van der Waals surface area contributed by atoms with E-state index in [1.165, 1.54) is 12.1 Å². The highest BCUT2D eigenvalue weighted by Crippen LogP contribution is 2.21. The molecule has 2 aromatic rings. The molecule has 2 N–H and O–H groups in total. The molecule has 0 saturated heterocycles. The molecule has 2 rings (SSSR count). The third-order valence-electron chi connectivity index (χ3n) is 2.75. The summed E-state index contributed by atoms with van der Waals surface area (Å²) < 4.78 is 5.52. The van der Waals surface area contributed by atoms with Crippen LogP contribution in [0.4, 0.5) is 0 Å². The first-order valence-electron chi connectivity index (χ1n) is 5.81. The van der Waals surface area contributed by atoms with Gasteiger partial charge in [0.1, 0.15) is 18.1 Å². The van der Waals surface area contributed by atoms with Crippen LogP contribution in [0.3, 0.4) is 0 Å². The lowest BCUT2D eigenvalue weighted by atomic mass is 10.1. The second-order valence-electron chi connectivity index (χ2n) is 4.25. The number of benzene rings is 2. The number of rotatable bonds is 4. The van der Waals surface area contributed by atoms with Gasteiger partial charge in [-0.05, 0) is 31.2 Å². The Labute approximate surface area is 110 Å². The van der Waals surface area contributed by atoms with Crippen molar-refractivity contribution in [2.45, 2.75) is 13.5 Å². The monoisotopic (exact) mass is 258 g/mol. The Morgan fingerprint density at radius 2 is 1.84 bits per heavy atom. The van der Waals surface area contributed by atoms with Crippen molar-refractivity contribution >= 4 is 5.97 Å². The maximum atomic E-state index is 10.7. The number of ether oxygens (including phenoxy) is 1. The maximum absolute atomic E-state index is 10.7. The number of carboxylic acid groups (broad SMARTS) is 1. The lowest BCUT2D eigenvalue weighted by Crippen LogP contribution is -1.99. The first-order chi connectivity index (χ1) is 9.06. The molecule has 0 spiro atoms. The van der Waals surface area contributed by atoms with Crippen LogP contribution in [0.25, 0.3) is 0 Å². The molecule has 0 unspecified atom stereocenters. The molecule has 19 heavy (non-hydrogen) atoms. The van der Waals surface area contributed by atoms with Gasteiger partial charge >= 0.3 is 5.97 Å². The summed E-state index contributed by atoms with van der Waals surface area (Å²) in [4.78, 5) is 10.7. The first kappa shape index (κ1) is 13.0. The Bertz CT molecular complexity index is 588. The van der Waals surface area contributed by atoms with Crippen LogP contribution in [0, 0.1) is 6.92 Å². The highest BCUT2D eigenvalue weighted by atomic mass is 16.5. The minimum absolute atomic E-state index is 0.0524. The van der Waals surface area contributed by atoms with Crippen LogP contribution in [0.2, 0.25) is 0 Å². The van der Waals surface area contributed by atoms with Gasteiger partial charge in [0.25, 0.3) is 0 Å². The van der Waals surface area contributed by atoms with Crippen LogP contribution >= 0.6 is 0 Å². The number of aromatic hydroxyl groups is 1. The van der Waals surface area contributed by atoms with Crippen LogP contribution in [0.5, 0.6) is 11.5 Å². The molecule has 2 aromatic carbocycles. The number of phenolic OH excluding ortho intramolecular Hbond substituents is 1. The van der Waals surface area contributed by atoms with E-state index in [1.807, 2.05) is 31.2 Å². The van der Waals surface area contributed by atoms with Gasteiger partial charge in [-0.1, -0.05) is 23.8 Å². The molecular formula is C15H14O4. The zero-order chi connectivity index (χ0) is 13.8. The van der Waals surface area contributed by atoms with Crippen molar-refractivity contribution in [3.05, 3.63) is 59.2 Å². The zero-order valence-corrected chi connectivity index (χ0v) is 10.5. The number of aromatic carboxylic acids is 1. The van der Waals surface area contributed by atoms with Gasteiger partial charge in [-0.3, -0.25) is 0 Å². The van der Waals surface area contributed by atoms with Crippen molar-refractivity contribution < 1.29 is 19.7 Å². The molecule has 0 aliphatic rings. The third-order valence-corrected chi connectivity index (χ3v) is 2.75. The predicted molar refractivity (Wildman–Crippen MR) is 70.6 cm³/mol. The number of hydrogen-bond donors (Lipinski definition) is 2. The van der Waals surface area contributed by atoms with Gasteiger partial charge in [0.15, 0.2) is 0 Å². The van der Waals surface area contributed by atoms with E-state index in [2.05, 4.69) is 0 Å². The molecule has 0 heterocycles. The van der Waals surface area contributed by atoms with E-state index in [-0.39, 0.29) is 17.9 Å². The third kappa shape index (κ3) is 3.25. The van der Waals surface area contributed by atoms with Gasteiger partial charge in [0.05, 0.1) is 5.56 Å². The van der Waals surface area contributed by atoms with Gasteiger partial charge in [0.2, 0.25) is 0 Å². The second kappa shape index (κ2) is 5.44. The van der Waals surface area contributed by atoms with Crippen LogP contribution in [0.15, 0.2) is 42.5 Å². The Balaban J connectivity index is 2.07. The summed E-state index contributed by atoms with van der Waals surface area (Å²) in [6, 6.07) is 11.8. The molecule has 0 fully saturated rings. The molecule has 0 bridgehead atoms. The fourth-order valence-corrected chi connectivity index (χ4v) is 1.61. The topological polar surface area (TPSA) is 66.8 Å². The fraction of sp³-hybridized carbons (Fsp3) is 0.133. The van der Waals surface area contributed by atoms with Crippen LogP contribution in [-0.2, 0) is 6.61 Å². The van der Waals surface area contributed by atoms with E-state index in [4.69, 9.17) is 9.84 Å². The van der Waals surface area contributed by atoms with E-state index in [9.17, 15) is 9.90 Å². The van der Waals surface area contributed by atoms with Crippen molar-refractivity contribution in [1.29, 1.82) is 0 Å². The number of hydrogen-bond acceptors (Lipinski definition) is 3. The first-order valence-corrected chi connectivity index (χ1v) is 5.81. The normalized spacial score (nSPS) is 10.2. The van der Waals surface area contributed by atoms with Crippen molar-refractivity contribution in [1.82, 2.24) is 0 Å². The summed E-state index contributed by atoms with van der Waals surface area (Å²) in [6.45, 7) is 2.18. The Kier molecular flexibility index (Phi) is 3.71. The standard InChI is InChI=1S/C15H14O4/c1-10-2-6-13(7-3-10)19-9-12-5-4-11(15(17)18)8-14(12)16/h2-8,16H,9H2,1H3,(H,17,18). The number of carbonyl (C=O) groups is 1. The van der Waals surface area contributed by atoms with Crippen molar-refractivity contribution in [2.75, 3.05) is 0 Å². The van der Waals surface area contributed by atoms with Crippen LogP contribution in [0.1, 0.15) is 21.5 Å². The van der Waals surface area contributed by atoms with E-state index in [1.54, 1.807) is 6.07 Å². The Morgan fingerprint density at radius 1 is 1.16 bits per heavy atom. The quantitative estimate of drug-likeness (QED) is 0.884. The predicted octanol–water partition coefficient (Wildman–Crippen LogP) is 2.98. The van der Waals surface area contributed by atoms with Crippen molar-refractivity contribution in [3.8, 4) is 11.5 Å². The van der Waals surface area contributed by atoms with E-state index in [0.29, 0.717) is 11.3 Å². The summed E-state index contributed by atoms with van der Waals surface area (Å²) in [5, 5.41) is 18.5. The SMILES string of the molecule is Cc1ccc(OCc2ccc(C(=O)O)cc2O)cc1. The van der Waals surface area contributed by atoms with Gasteiger partial charge in [-0.25, -0.2) is 4.79 Å². The molecular weight excluding hydrogens is 244 g/mol. The van der Waals surface area contributed by atoms with Gasteiger partial charge in [0, 0.05) is 5.56 Å². The van der Waals surface area contributed by atoms with E-state index in [0.717, 1.165) is 5.56 Å². The van der Waals surface area contributed by atoms with Crippen LogP contribution < -0.4 is 4.74 Å². The van der Waals surface area contributed by atoms with Crippen molar-refractivity contribution in [2.24, 2.45) is 0 Å². The average molecular weight is 258 g/mol. The summed E-state index contributed by atoms with van der Waals surface area (Å²) >= 11 is 0. The molecule has 98 valence electrons. The molecule has 0 radical (unpaired) electrons. The molecule has 0 saturated carbocycles. The molecule has 0 aliphatic heterocycles. The smallest absolute Gasteiger partial charge is 0.335 e. The minimum atomic E-state index is -1.07. The molecule has 4 heteroatoms. The summed E-state index contributed by atoms with van der Waals surface area (Å²) in [5.41, 5.74) is 1.74. The number of phenols is 1. The molecule has 0 aromatic heterocycles. The van der Waals surface area contributed by atoms with E-state index < -0.39 is 5.97 Å². The van der Waals surface area contributed by atoms with Gasteiger partial charge in [-0.2, -0.15) is 0 Å². The highest BCUT2D eigenvalue weighted by molar-refractivity contribution is 5.88. The lowest BCUT2D eigenvalue weighted by Gasteiger charge is -2.08. The zero-order valence-electron chi connectivity index (χ0n) is 10.5. The van der Waals surface area contributed by atoms with E-state index >= 15 is 0 Å². The summed E-state index contributed by atoms with van der Waals surface area (Å²) in [7, 11) is 0. The van der Waals surface area contributed by atoms with Gasteiger partial charge < -0.3 is 14.9 Å². The maximum Gasteiger partial charge on any atom is 0.335 e. The Hall–Kier alpha value is -2.49. The summed E-state index contributed by atoms with van der Waals surface area (Å²) in [6.07, 6.45) is 0. The molecule has 4 nitrogen and oxygen atoms in total. The fourth-order valence-electron chi connectivity index (χ4n) is 1.61. The van der Waals surface area contributed by atoms with Crippen molar-refractivity contribution in [3.63, 3.8) is 0 Å². The van der Waals surface area contributed by atoms with Crippen LogP contribution in [-0.4, -0.2) is 16.2 Å². The molecule has 0 atom stereocenters. The lowest BCUT2D eigenvalue weighted by molar-refractivity contribution is 0.0696. The largest absolute Gasteiger partial charge is 0.508 e. The Morgan fingerprint density at radius 3 is 2.42 bits per heavy atom. The summed E-state index contributed by atoms with van der Waals surface area (Å²) in [5.74, 6) is -0.444. The number of aryl methyl sites for hydroxylation is 1. The highest BCUT2D eigenvalue weighted by Gasteiger charge is 2.08. The molecule has 0 aliphatic carbocycles. The average Bonchev–Trinajstić information content (AvgIpc) is 2.39. The molecule has 0 amide bonds. The minimum Gasteiger partial charge on any atom is -0.508 e.